The van der Waals surface area contributed by atoms with Crippen molar-refractivity contribution in [3.63, 3.8) is 0 Å². The fraction of sp³-hybridized carbons (Fsp3) is 0.233. The van der Waals surface area contributed by atoms with Crippen LogP contribution < -0.4 is 30.9 Å². The number of para-hydroxylation sites is 1. The van der Waals surface area contributed by atoms with E-state index in [0.29, 0.717) is 27.7 Å². The van der Waals surface area contributed by atoms with E-state index in [-0.39, 0.29) is 35.3 Å². The Bertz CT molecular complexity index is 1450. The van der Waals surface area contributed by atoms with Gasteiger partial charge in [-0.15, -0.1) is 0 Å². The van der Waals surface area contributed by atoms with Gasteiger partial charge < -0.3 is 26.0 Å². The average Bonchev–Trinajstić information content (AvgIpc) is 3.35. The van der Waals surface area contributed by atoms with Gasteiger partial charge in [-0.25, -0.2) is 4.79 Å². The first-order chi connectivity index (χ1) is 19.5. The molecule has 6 rings (SSSR count). The number of carbonyl (C=O) groups excluding carboxylic acids is 3. The van der Waals surface area contributed by atoms with Crippen LogP contribution in [0.5, 0.6) is 11.5 Å². The molecule has 1 aliphatic carbocycles. The summed E-state index contributed by atoms with van der Waals surface area (Å²) in [7, 11) is 0. The van der Waals surface area contributed by atoms with Crippen LogP contribution in [0.3, 0.4) is 0 Å². The van der Waals surface area contributed by atoms with Gasteiger partial charge in [0.25, 0.3) is 5.91 Å². The lowest BCUT2D eigenvalue weighted by Gasteiger charge is -2.34. The Kier molecular flexibility index (Phi) is 7.08. The Morgan fingerprint density at radius 1 is 1.00 bits per heavy atom. The van der Waals surface area contributed by atoms with Crippen molar-refractivity contribution < 1.29 is 19.1 Å². The fourth-order valence-corrected chi connectivity index (χ4v) is 6.61. The zero-order valence-electron chi connectivity index (χ0n) is 21.7. The summed E-state index contributed by atoms with van der Waals surface area (Å²) in [6.45, 7) is 3.53. The van der Waals surface area contributed by atoms with Crippen molar-refractivity contribution in [2.24, 2.45) is 0 Å². The first-order valence-corrected chi connectivity index (χ1v) is 14.2. The molecule has 0 bridgehead atoms. The molecule has 2 aromatic rings. The number of urea groups is 1. The number of nitrogens with zero attached hydrogens (tertiary/aromatic N) is 1. The molecular formula is C30H29N5O4S. The highest BCUT2D eigenvalue weighted by atomic mass is 32.2. The Morgan fingerprint density at radius 2 is 1.70 bits per heavy atom. The molecule has 3 heterocycles. The third kappa shape index (κ3) is 4.98. The maximum Gasteiger partial charge on any atom is 0.331 e. The van der Waals surface area contributed by atoms with E-state index in [2.05, 4.69) is 27.8 Å². The Morgan fingerprint density at radius 3 is 2.42 bits per heavy atom. The molecule has 0 spiro atoms. The monoisotopic (exact) mass is 555 g/mol. The molecule has 40 heavy (non-hydrogen) atoms. The molecule has 3 aliphatic heterocycles. The van der Waals surface area contributed by atoms with Gasteiger partial charge in [-0.05, 0) is 67.6 Å². The van der Waals surface area contributed by atoms with Crippen LogP contribution in [0.2, 0.25) is 0 Å². The van der Waals surface area contributed by atoms with E-state index in [1.54, 1.807) is 11.1 Å². The van der Waals surface area contributed by atoms with E-state index in [1.807, 2.05) is 60.7 Å². The first-order valence-electron chi connectivity index (χ1n) is 13.3. The summed E-state index contributed by atoms with van der Waals surface area (Å²) in [5.74, 6) is 0.874. The van der Waals surface area contributed by atoms with E-state index < -0.39 is 0 Å². The third-order valence-electron chi connectivity index (χ3n) is 7.31. The van der Waals surface area contributed by atoms with E-state index in [9.17, 15) is 14.4 Å². The number of anilines is 1. The minimum Gasteiger partial charge on any atom is -0.457 e. The molecule has 0 saturated heterocycles. The van der Waals surface area contributed by atoms with Crippen LogP contribution in [-0.2, 0) is 9.59 Å². The fourth-order valence-electron chi connectivity index (χ4n) is 5.43. The summed E-state index contributed by atoms with van der Waals surface area (Å²) < 4.78 is 5.90. The number of nitrogens with one attached hydrogen (secondary N) is 4. The maximum absolute atomic E-state index is 13.5. The van der Waals surface area contributed by atoms with Crippen LogP contribution in [0.1, 0.15) is 25.7 Å². The van der Waals surface area contributed by atoms with Gasteiger partial charge >= 0.3 is 6.03 Å². The molecule has 2 aromatic carbocycles. The Hall–Kier alpha value is -4.44. The van der Waals surface area contributed by atoms with Crippen LogP contribution >= 0.6 is 11.8 Å². The van der Waals surface area contributed by atoms with Crippen LogP contribution in [-0.4, -0.2) is 35.3 Å². The number of hydrogen-bond donors (Lipinski definition) is 4. The number of rotatable bonds is 7. The van der Waals surface area contributed by atoms with Gasteiger partial charge in [-0.1, -0.05) is 49.4 Å². The maximum atomic E-state index is 13.5. The summed E-state index contributed by atoms with van der Waals surface area (Å²) >= 11 is 1.37. The van der Waals surface area contributed by atoms with Crippen molar-refractivity contribution in [1.82, 2.24) is 21.3 Å². The second-order valence-electron chi connectivity index (χ2n) is 9.86. The second-order valence-corrected chi connectivity index (χ2v) is 11.0. The van der Waals surface area contributed by atoms with Crippen LogP contribution in [0.15, 0.2) is 101 Å². The highest BCUT2D eigenvalue weighted by Gasteiger charge is 2.44. The smallest absolute Gasteiger partial charge is 0.331 e. The van der Waals surface area contributed by atoms with Gasteiger partial charge in [0.1, 0.15) is 16.9 Å². The quantitative estimate of drug-likeness (QED) is 0.377. The minimum absolute atomic E-state index is 0.165. The highest BCUT2D eigenvalue weighted by molar-refractivity contribution is 8.05. The lowest BCUT2D eigenvalue weighted by Crippen LogP contribution is -2.53. The van der Waals surface area contributed by atoms with E-state index in [1.165, 1.54) is 17.8 Å². The number of benzene rings is 2. The number of dihydropyridines is 1. The third-order valence-corrected chi connectivity index (χ3v) is 8.54. The first kappa shape index (κ1) is 25.8. The highest BCUT2D eigenvalue weighted by Crippen LogP contribution is 2.46. The molecule has 204 valence electrons. The summed E-state index contributed by atoms with van der Waals surface area (Å²) in [5, 5.41) is 12.1. The van der Waals surface area contributed by atoms with Gasteiger partial charge in [0.15, 0.2) is 0 Å². The van der Waals surface area contributed by atoms with E-state index in [4.69, 9.17) is 4.74 Å². The summed E-state index contributed by atoms with van der Waals surface area (Å²) in [6, 6.07) is 16.1. The predicted molar refractivity (Wildman–Crippen MR) is 154 cm³/mol. The van der Waals surface area contributed by atoms with Crippen LogP contribution in [0.4, 0.5) is 10.5 Å². The molecule has 1 saturated carbocycles. The van der Waals surface area contributed by atoms with Gasteiger partial charge in [-0.3, -0.25) is 14.5 Å². The molecule has 0 radical (unpaired) electrons. The topological polar surface area (TPSA) is 112 Å². The lowest BCUT2D eigenvalue weighted by atomic mass is 9.90. The largest absolute Gasteiger partial charge is 0.457 e. The molecule has 1 fully saturated rings. The number of carbonyl (C=O) groups is 3. The molecule has 4 amide bonds. The van der Waals surface area contributed by atoms with Gasteiger partial charge in [-0.2, -0.15) is 0 Å². The van der Waals surface area contributed by atoms with Gasteiger partial charge in [0.05, 0.1) is 22.0 Å². The zero-order valence-corrected chi connectivity index (χ0v) is 22.5. The average molecular weight is 556 g/mol. The lowest BCUT2D eigenvalue weighted by molar-refractivity contribution is -0.120. The Labute approximate surface area is 236 Å². The number of hydrogen-bond acceptors (Lipinski definition) is 6. The molecule has 3 atom stereocenters. The van der Waals surface area contributed by atoms with Crippen molar-refractivity contribution >= 4 is 35.3 Å². The standard InChI is InChI=1S/C30H29N5O4S/c1-2-24(36)32-21-10-6-7-11-22(21)33-28(37)27-26-25-23(16-17-31-29(25)40-27)35(30(38)34-26)18-12-14-20(15-13-18)39-19-8-4-3-5-9-19/h2-5,8-9,12-17,21-22,29,31H,1,6-7,10-11H2,(H,32,36)(H,33,37)(H,34,38). The molecule has 4 N–H and O–H groups in total. The van der Waals surface area contributed by atoms with Crippen molar-refractivity contribution in [1.29, 1.82) is 0 Å². The minimum atomic E-state index is -0.350. The van der Waals surface area contributed by atoms with Gasteiger partial charge in [0.2, 0.25) is 5.91 Å². The summed E-state index contributed by atoms with van der Waals surface area (Å²) in [4.78, 5) is 41.0. The summed E-state index contributed by atoms with van der Waals surface area (Å²) in [5.41, 5.74) is 2.76. The number of thioether (sulfide) groups is 1. The molecule has 0 aromatic heterocycles. The van der Waals surface area contributed by atoms with Crippen molar-refractivity contribution in [3.05, 3.63) is 101 Å². The second kappa shape index (κ2) is 11.0. The number of ether oxygens (including phenoxy) is 1. The molecule has 10 heteroatoms. The normalized spacial score (nSPS) is 23.1. The van der Waals surface area contributed by atoms with Gasteiger partial charge in [0, 0.05) is 17.7 Å². The molecule has 3 unspecified atom stereocenters. The summed E-state index contributed by atoms with van der Waals surface area (Å²) in [6.07, 6.45) is 8.40. The van der Waals surface area contributed by atoms with Crippen LogP contribution in [0, 0.1) is 0 Å². The Balaban J connectivity index is 1.25. The van der Waals surface area contributed by atoms with Crippen LogP contribution in [0.25, 0.3) is 0 Å². The van der Waals surface area contributed by atoms with Crippen molar-refractivity contribution in [2.45, 2.75) is 43.1 Å². The zero-order chi connectivity index (χ0) is 27.6. The van der Waals surface area contributed by atoms with Crippen molar-refractivity contribution in [2.75, 3.05) is 4.90 Å². The predicted octanol–water partition coefficient (Wildman–Crippen LogP) is 4.39. The molecule has 4 aliphatic rings. The van der Waals surface area contributed by atoms with Crippen molar-refractivity contribution in [3.8, 4) is 11.5 Å². The SMILES string of the molecule is C=CC(=O)NC1CCCCC1NC(=O)C1=C2NC(=O)N(c3ccc(Oc4ccccc4)cc3)C3=C2C(NC=C3)S1. The number of allylic oxidation sites excluding steroid dienone is 1. The number of amides is 4. The molecular weight excluding hydrogens is 526 g/mol. The van der Waals surface area contributed by atoms with E-state index >= 15 is 0 Å². The van der Waals surface area contributed by atoms with E-state index in [0.717, 1.165) is 37.0 Å². The molecule has 9 nitrogen and oxygen atoms in total.